The molecule has 0 amide bonds. The van der Waals surface area contributed by atoms with Gasteiger partial charge < -0.3 is 10.6 Å². The Labute approximate surface area is 101 Å². The van der Waals surface area contributed by atoms with E-state index in [1.165, 1.54) is 51.6 Å². The topological polar surface area (TPSA) is 29.3 Å². The third-order valence-corrected chi connectivity index (χ3v) is 4.62. The van der Waals surface area contributed by atoms with E-state index in [2.05, 4.69) is 18.7 Å². The number of rotatable bonds is 6. The van der Waals surface area contributed by atoms with Crippen molar-refractivity contribution in [2.45, 2.75) is 58.4 Å². The van der Waals surface area contributed by atoms with Crippen LogP contribution in [-0.2, 0) is 0 Å². The lowest BCUT2D eigenvalue weighted by atomic mass is 9.87. The molecule has 16 heavy (non-hydrogen) atoms. The molecule has 2 unspecified atom stereocenters. The lowest BCUT2D eigenvalue weighted by Gasteiger charge is -2.27. The highest BCUT2D eigenvalue weighted by atomic mass is 15.2. The van der Waals surface area contributed by atoms with E-state index in [1.54, 1.807) is 0 Å². The first-order valence-corrected chi connectivity index (χ1v) is 7.05. The van der Waals surface area contributed by atoms with Crippen LogP contribution < -0.4 is 5.73 Å². The molecule has 0 aromatic rings. The highest BCUT2D eigenvalue weighted by molar-refractivity contribution is 4.91. The molecule has 94 valence electrons. The second-order valence-corrected chi connectivity index (χ2v) is 6.65. The number of piperidine rings is 1. The summed E-state index contributed by atoms with van der Waals surface area (Å²) in [6, 6.07) is 0.951. The van der Waals surface area contributed by atoms with Crippen molar-refractivity contribution >= 4 is 0 Å². The van der Waals surface area contributed by atoms with E-state index >= 15 is 0 Å². The van der Waals surface area contributed by atoms with Gasteiger partial charge in [-0.25, -0.2) is 0 Å². The molecule has 1 aliphatic carbocycles. The summed E-state index contributed by atoms with van der Waals surface area (Å²) >= 11 is 0. The molecule has 2 rings (SSSR count). The smallest absolute Gasteiger partial charge is 0.00985 e. The summed E-state index contributed by atoms with van der Waals surface area (Å²) in [5.74, 6) is 1.05. The molecule has 1 saturated carbocycles. The molecule has 1 aliphatic heterocycles. The van der Waals surface area contributed by atoms with Crippen molar-refractivity contribution < 1.29 is 0 Å². The Morgan fingerprint density at radius 2 is 2.06 bits per heavy atom. The number of unbranched alkanes of at least 4 members (excludes halogenated alkanes) is 1. The van der Waals surface area contributed by atoms with Gasteiger partial charge in [0, 0.05) is 12.6 Å². The normalized spacial score (nSPS) is 30.2. The van der Waals surface area contributed by atoms with Gasteiger partial charge in [-0.2, -0.15) is 0 Å². The molecule has 2 heteroatoms. The summed E-state index contributed by atoms with van der Waals surface area (Å²) in [5, 5.41) is 0. The minimum absolute atomic E-state index is 0.351. The van der Waals surface area contributed by atoms with E-state index < -0.39 is 0 Å². The minimum Gasteiger partial charge on any atom is -0.330 e. The zero-order chi connectivity index (χ0) is 11.6. The van der Waals surface area contributed by atoms with Crippen LogP contribution in [-0.4, -0.2) is 30.6 Å². The van der Waals surface area contributed by atoms with E-state index in [0.717, 1.165) is 18.5 Å². The van der Waals surface area contributed by atoms with E-state index in [4.69, 9.17) is 5.73 Å². The number of likely N-dealkylation sites (tertiary alicyclic amines) is 1. The van der Waals surface area contributed by atoms with Gasteiger partial charge in [0.2, 0.25) is 0 Å². The van der Waals surface area contributed by atoms with Crippen LogP contribution in [0, 0.1) is 11.3 Å². The summed E-state index contributed by atoms with van der Waals surface area (Å²) in [6.07, 6.45) is 8.46. The highest BCUT2D eigenvalue weighted by Crippen LogP contribution is 2.37. The largest absolute Gasteiger partial charge is 0.330 e. The molecule has 2 N–H and O–H groups in total. The highest BCUT2D eigenvalue weighted by Gasteiger charge is 2.36. The van der Waals surface area contributed by atoms with Crippen LogP contribution in [0.25, 0.3) is 0 Å². The second kappa shape index (κ2) is 5.05. The van der Waals surface area contributed by atoms with Gasteiger partial charge in [-0.05, 0) is 56.5 Å². The van der Waals surface area contributed by atoms with Crippen molar-refractivity contribution in [2.24, 2.45) is 17.1 Å². The zero-order valence-corrected chi connectivity index (χ0v) is 11.0. The second-order valence-electron chi connectivity index (χ2n) is 6.65. The van der Waals surface area contributed by atoms with Gasteiger partial charge in [0.1, 0.15) is 0 Å². The summed E-state index contributed by atoms with van der Waals surface area (Å²) < 4.78 is 0. The molecule has 2 nitrogen and oxygen atoms in total. The predicted octanol–water partition coefficient (Wildman–Crippen LogP) is 2.63. The molecule has 1 heterocycles. The van der Waals surface area contributed by atoms with Crippen LogP contribution in [0.15, 0.2) is 0 Å². The summed E-state index contributed by atoms with van der Waals surface area (Å²) in [5.41, 5.74) is 6.10. The number of nitrogens with two attached hydrogens (primary N) is 1. The number of nitrogens with zero attached hydrogens (tertiary/aromatic N) is 1. The van der Waals surface area contributed by atoms with Crippen LogP contribution in [0.3, 0.4) is 0 Å². The number of hydrogen-bond acceptors (Lipinski definition) is 2. The van der Waals surface area contributed by atoms with Crippen LogP contribution in [0.5, 0.6) is 0 Å². The van der Waals surface area contributed by atoms with Gasteiger partial charge in [0.05, 0.1) is 0 Å². The number of fused-ring (bicyclic) bond motifs is 2. The maximum Gasteiger partial charge on any atom is 0.00985 e. The van der Waals surface area contributed by atoms with Crippen molar-refractivity contribution in [3.8, 4) is 0 Å². The third-order valence-electron chi connectivity index (χ3n) is 4.62. The lowest BCUT2D eigenvalue weighted by molar-refractivity contribution is 0.204. The van der Waals surface area contributed by atoms with Gasteiger partial charge in [-0.1, -0.05) is 20.3 Å². The molecule has 1 saturated heterocycles. The van der Waals surface area contributed by atoms with Crippen molar-refractivity contribution in [1.29, 1.82) is 0 Å². The van der Waals surface area contributed by atoms with Gasteiger partial charge >= 0.3 is 0 Å². The Balaban J connectivity index is 1.59. The average molecular weight is 224 g/mol. The van der Waals surface area contributed by atoms with Gasteiger partial charge in [0.15, 0.2) is 0 Å². The van der Waals surface area contributed by atoms with Crippen molar-refractivity contribution in [3.63, 3.8) is 0 Å². The molecule has 2 fully saturated rings. The van der Waals surface area contributed by atoms with Crippen molar-refractivity contribution in [2.75, 3.05) is 19.6 Å². The molecular formula is C14H28N2. The quantitative estimate of drug-likeness (QED) is 0.703. The maximum atomic E-state index is 5.75. The fraction of sp³-hybridized carbons (Fsp3) is 1.00. The molecule has 2 bridgehead atoms. The van der Waals surface area contributed by atoms with Crippen LogP contribution in [0.4, 0.5) is 0 Å². The van der Waals surface area contributed by atoms with E-state index in [9.17, 15) is 0 Å². The molecule has 2 aliphatic rings. The van der Waals surface area contributed by atoms with E-state index in [0.29, 0.717) is 5.41 Å². The standard InChI is InChI=1S/C14H28N2/c1-14(2,11-15)7-3-4-8-16-10-12-5-6-13(16)9-12/h12-13H,3-11,15H2,1-2H3. The molecule has 0 aromatic heterocycles. The molecule has 0 radical (unpaired) electrons. The van der Waals surface area contributed by atoms with Gasteiger partial charge in [0.25, 0.3) is 0 Å². The molecule has 0 spiro atoms. The van der Waals surface area contributed by atoms with Gasteiger partial charge in [-0.15, -0.1) is 0 Å². The lowest BCUT2D eigenvalue weighted by Crippen LogP contribution is -2.33. The SMILES string of the molecule is CC(C)(CN)CCCCN1CC2CCC1C2. The fourth-order valence-electron chi connectivity index (χ4n) is 3.32. The Kier molecular flexibility index (Phi) is 3.91. The molecular weight excluding hydrogens is 196 g/mol. The van der Waals surface area contributed by atoms with Crippen molar-refractivity contribution in [3.05, 3.63) is 0 Å². The fourth-order valence-corrected chi connectivity index (χ4v) is 3.32. The first kappa shape index (κ1) is 12.4. The maximum absolute atomic E-state index is 5.75. The van der Waals surface area contributed by atoms with Crippen LogP contribution in [0.2, 0.25) is 0 Å². The first-order valence-electron chi connectivity index (χ1n) is 7.05. The Morgan fingerprint density at radius 3 is 2.62 bits per heavy atom. The molecule has 2 atom stereocenters. The Morgan fingerprint density at radius 1 is 1.25 bits per heavy atom. The minimum atomic E-state index is 0.351. The Hall–Kier alpha value is -0.0800. The van der Waals surface area contributed by atoms with Gasteiger partial charge in [-0.3, -0.25) is 0 Å². The summed E-state index contributed by atoms with van der Waals surface area (Å²) in [6.45, 7) is 8.11. The average Bonchev–Trinajstić information content (AvgIpc) is 2.86. The molecule has 0 aromatic carbocycles. The van der Waals surface area contributed by atoms with Crippen LogP contribution in [0.1, 0.15) is 52.4 Å². The van der Waals surface area contributed by atoms with E-state index in [-0.39, 0.29) is 0 Å². The number of hydrogen-bond donors (Lipinski definition) is 1. The predicted molar refractivity (Wildman–Crippen MR) is 69.4 cm³/mol. The first-order chi connectivity index (χ1) is 7.61. The van der Waals surface area contributed by atoms with Crippen molar-refractivity contribution in [1.82, 2.24) is 4.90 Å². The summed E-state index contributed by atoms with van der Waals surface area (Å²) in [7, 11) is 0. The summed E-state index contributed by atoms with van der Waals surface area (Å²) in [4.78, 5) is 2.74. The third kappa shape index (κ3) is 2.98. The monoisotopic (exact) mass is 224 g/mol. The van der Waals surface area contributed by atoms with E-state index in [1.807, 2.05) is 0 Å². The zero-order valence-electron chi connectivity index (χ0n) is 11.0. The Bertz CT molecular complexity index is 225. The van der Waals surface area contributed by atoms with Crippen LogP contribution >= 0.6 is 0 Å².